The number of benzene rings is 3. The third kappa shape index (κ3) is 14.6. The molecule has 0 unspecified atom stereocenters. The normalized spacial score (nSPS) is 17.7. The minimum absolute atomic E-state index is 0.0838. The maximum Gasteiger partial charge on any atom is 0.410 e. The van der Waals surface area contributed by atoms with Crippen molar-refractivity contribution in [3.8, 4) is 11.3 Å². The van der Waals surface area contributed by atoms with Gasteiger partial charge in [-0.2, -0.15) is 0 Å². The third-order valence-corrected chi connectivity index (χ3v) is 13.2. The summed E-state index contributed by atoms with van der Waals surface area (Å²) in [7, 11) is 0. The lowest BCUT2D eigenvalue weighted by Gasteiger charge is -2.41. The lowest BCUT2D eigenvalue weighted by Crippen LogP contribution is -2.57. The molecule has 2 aliphatic rings. The predicted molar refractivity (Wildman–Crippen MR) is 270 cm³/mol. The smallest absolute Gasteiger partial charge is 0.410 e. The molecule has 1 aliphatic heterocycles. The number of nitrogens with zero attached hydrogens (tertiary/aromatic N) is 4. The predicted octanol–water partition coefficient (Wildman–Crippen LogP) is 5.59. The molecule has 2 heterocycles. The fourth-order valence-corrected chi connectivity index (χ4v) is 8.91. The number of aliphatic hydroxyl groups excluding tert-OH is 1. The molecule has 0 bridgehead atoms. The van der Waals surface area contributed by atoms with E-state index in [0.717, 1.165) is 5.56 Å². The van der Waals surface area contributed by atoms with Gasteiger partial charge in [0.15, 0.2) is 0 Å². The zero-order chi connectivity index (χ0) is 54.2. The quantitative estimate of drug-likeness (QED) is 0.0509. The highest BCUT2D eigenvalue weighted by atomic mass is 19.1. The van der Waals surface area contributed by atoms with E-state index in [1.54, 1.807) is 73.1 Å². The number of imidazole rings is 1. The van der Waals surface area contributed by atoms with Crippen LogP contribution in [0.5, 0.6) is 0 Å². The van der Waals surface area contributed by atoms with Gasteiger partial charge in [-0.3, -0.25) is 19.2 Å². The zero-order valence-corrected chi connectivity index (χ0v) is 42.9. The van der Waals surface area contributed by atoms with Crippen LogP contribution in [0.3, 0.4) is 0 Å². The van der Waals surface area contributed by atoms with Gasteiger partial charge in [0, 0.05) is 49.5 Å². The second-order valence-electron chi connectivity index (χ2n) is 20.9. The minimum atomic E-state index is -1.61. The summed E-state index contributed by atoms with van der Waals surface area (Å²) in [6.07, 6.45) is -0.934. The van der Waals surface area contributed by atoms with Gasteiger partial charge in [-0.05, 0) is 98.4 Å². The summed E-state index contributed by atoms with van der Waals surface area (Å²) in [4.78, 5) is 86.2. The lowest BCUT2D eigenvalue weighted by molar-refractivity contribution is -0.146. The second-order valence-corrected chi connectivity index (χ2v) is 20.9. The molecule has 74 heavy (non-hydrogen) atoms. The molecular formula is C53H69F3N10O8. The summed E-state index contributed by atoms with van der Waals surface area (Å²) in [5, 5.41) is 21.4. The minimum Gasteiger partial charge on any atom is -0.445 e. The van der Waals surface area contributed by atoms with Crippen molar-refractivity contribution in [2.75, 3.05) is 31.5 Å². The highest BCUT2D eigenvalue weighted by Crippen LogP contribution is 2.41. The summed E-state index contributed by atoms with van der Waals surface area (Å²) in [6, 6.07) is 13.1. The topological polar surface area (TPSA) is 256 Å². The van der Waals surface area contributed by atoms with Gasteiger partial charge >= 0.3 is 12.1 Å². The molecule has 0 radical (unpaired) electrons. The number of urea groups is 1. The van der Waals surface area contributed by atoms with Gasteiger partial charge in [0.2, 0.25) is 17.7 Å². The second kappa shape index (κ2) is 23.9. The Morgan fingerprint density at radius 3 is 2.27 bits per heavy atom. The van der Waals surface area contributed by atoms with E-state index >= 15 is 8.78 Å². The average molecular weight is 1030 g/mol. The van der Waals surface area contributed by atoms with Crippen molar-refractivity contribution in [2.45, 2.75) is 123 Å². The molecule has 1 saturated carbocycles. The Morgan fingerprint density at radius 1 is 0.946 bits per heavy atom. The molecule has 9 N–H and O–H groups in total. The van der Waals surface area contributed by atoms with Crippen LogP contribution in [-0.2, 0) is 37.1 Å². The molecule has 0 spiro atoms. The van der Waals surface area contributed by atoms with Crippen molar-refractivity contribution in [2.24, 2.45) is 28.7 Å². The third-order valence-electron chi connectivity index (χ3n) is 13.2. The number of hydrogen-bond donors (Lipinski definition) is 7. The Morgan fingerprint density at radius 2 is 1.65 bits per heavy atom. The van der Waals surface area contributed by atoms with E-state index in [4.69, 9.17) is 21.2 Å². The van der Waals surface area contributed by atoms with Crippen LogP contribution >= 0.6 is 0 Å². The first-order valence-electron chi connectivity index (χ1n) is 24.8. The van der Waals surface area contributed by atoms with Gasteiger partial charge in [0.25, 0.3) is 5.91 Å². The van der Waals surface area contributed by atoms with Crippen LogP contribution in [0.25, 0.3) is 11.3 Å². The number of aryl methyl sites for hydroxylation is 1. The standard InChI is InChI=1S/C53H69F3N10O8/c1-30(2)43(63-49(71)53(58)19-20-53)47(69)62-41(12-9-21-59-50(57)72)46(68)60-37-16-14-33(15-17-37)29-74-51(73)65-25-35(40(56)27-65)26-66(48(70)32(4)67)44(52(5,6)7)45-61-42(38-22-31(3)13-18-39(38)55)28-64(45)24-34-10-8-11-36(54)23-34/h8,10-11,13-18,22-23,28,30,32,35,40-41,43-44,67H,9,12,19-21,24-27,29,58H2,1-7H3,(H,60,68)(H,62,69)(H,63,71)(H3,57,59,72)/t32-,35-,40-,41-,43-,44-/m0/s1. The Kier molecular flexibility index (Phi) is 18.2. The van der Waals surface area contributed by atoms with Gasteiger partial charge in [0.1, 0.15) is 48.4 Å². The molecule has 6 rings (SSSR count). The van der Waals surface area contributed by atoms with E-state index < -0.39 is 94.7 Å². The van der Waals surface area contributed by atoms with Gasteiger partial charge in [0.05, 0.1) is 23.8 Å². The molecule has 2 fully saturated rings. The molecule has 4 aromatic rings. The maximum atomic E-state index is 16.2. The van der Waals surface area contributed by atoms with Crippen molar-refractivity contribution in [3.05, 3.63) is 107 Å². The number of alkyl halides is 1. The zero-order valence-electron chi connectivity index (χ0n) is 42.9. The fourth-order valence-electron chi connectivity index (χ4n) is 8.91. The van der Waals surface area contributed by atoms with Gasteiger partial charge < -0.3 is 56.9 Å². The molecule has 6 atom stereocenters. The van der Waals surface area contributed by atoms with Crippen molar-refractivity contribution in [3.63, 3.8) is 0 Å². The number of rotatable bonds is 21. The van der Waals surface area contributed by atoms with Crippen LogP contribution in [0.1, 0.15) is 95.8 Å². The van der Waals surface area contributed by atoms with Crippen LogP contribution < -0.4 is 32.7 Å². The highest BCUT2D eigenvalue weighted by Gasteiger charge is 2.48. The number of nitrogens with one attached hydrogen (secondary N) is 4. The van der Waals surface area contributed by atoms with Crippen molar-refractivity contribution in [1.29, 1.82) is 0 Å². The van der Waals surface area contributed by atoms with Crippen LogP contribution in [0.4, 0.5) is 28.4 Å². The lowest BCUT2D eigenvalue weighted by atomic mass is 9.84. The number of carbonyl (C=O) groups excluding carboxylic acids is 6. The number of hydrogen-bond acceptors (Lipinski definition) is 10. The monoisotopic (exact) mass is 1030 g/mol. The van der Waals surface area contributed by atoms with E-state index in [1.807, 2.05) is 27.7 Å². The molecular weight excluding hydrogens is 962 g/mol. The number of amides is 7. The first-order chi connectivity index (χ1) is 34.8. The maximum absolute atomic E-state index is 16.2. The Hall–Kier alpha value is -7.00. The summed E-state index contributed by atoms with van der Waals surface area (Å²) < 4.78 is 53.3. The van der Waals surface area contributed by atoms with Crippen LogP contribution in [0, 0.1) is 35.8 Å². The highest BCUT2D eigenvalue weighted by molar-refractivity contribution is 5.99. The van der Waals surface area contributed by atoms with Crippen molar-refractivity contribution < 1.29 is 51.8 Å². The van der Waals surface area contributed by atoms with E-state index in [-0.39, 0.29) is 69.3 Å². The van der Waals surface area contributed by atoms with Gasteiger partial charge in [-0.25, -0.2) is 27.7 Å². The number of nitrogens with two attached hydrogens (primary N) is 2. The van der Waals surface area contributed by atoms with Crippen LogP contribution in [0.15, 0.2) is 72.9 Å². The number of aliphatic hydroxyl groups is 1. The van der Waals surface area contributed by atoms with E-state index in [2.05, 4.69) is 21.3 Å². The Labute approximate surface area is 429 Å². The van der Waals surface area contributed by atoms with Gasteiger partial charge in [-0.15, -0.1) is 0 Å². The summed E-state index contributed by atoms with van der Waals surface area (Å²) in [5.74, 6) is -4.31. The largest absolute Gasteiger partial charge is 0.445 e. The number of ether oxygens (including phenoxy) is 1. The number of halogens is 3. The van der Waals surface area contributed by atoms with Crippen molar-refractivity contribution in [1.82, 2.24) is 35.3 Å². The fraction of sp³-hybridized carbons (Fsp3) is 0.491. The summed E-state index contributed by atoms with van der Waals surface area (Å²) >= 11 is 0. The van der Waals surface area contributed by atoms with Gasteiger partial charge in [-0.1, -0.05) is 70.5 Å². The molecule has 1 aliphatic carbocycles. The first kappa shape index (κ1) is 56.3. The number of primary amides is 1. The van der Waals surface area contributed by atoms with E-state index in [9.17, 15) is 38.3 Å². The molecule has 21 heteroatoms. The molecule has 400 valence electrons. The molecule has 18 nitrogen and oxygen atoms in total. The first-order valence-corrected chi connectivity index (χ1v) is 24.8. The SMILES string of the molecule is Cc1ccc(F)c(-c2cn(Cc3cccc(F)c3)c([C@H](N(C[C@@H]3CN(C(=O)OCc4ccc(NC(=O)[C@H](CCCNC(N)=O)NC(=O)[C@@H](NC(=O)C5(N)CC5)C(C)C)cc4)C[C@@H]3F)C(=O)[C@H](C)O)C(C)(C)C)n2)c1. The molecule has 1 saturated heterocycles. The number of likely N-dealkylation sites (tertiary alicyclic amines) is 1. The Bertz CT molecular complexity index is 2670. The Balaban J connectivity index is 1.13. The van der Waals surface area contributed by atoms with Crippen LogP contribution in [0.2, 0.25) is 0 Å². The number of anilines is 1. The molecule has 7 amide bonds. The summed E-state index contributed by atoms with van der Waals surface area (Å²) in [6.45, 7) is 11.4. The van der Waals surface area contributed by atoms with E-state index in [1.165, 1.54) is 34.9 Å². The average Bonchev–Trinajstić information content (AvgIpc) is 3.80. The van der Waals surface area contributed by atoms with Crippen molar-refractivity contribution >= 4 is 41.4 Å². The number of aromatic nitrogens is 2. The molecule has 1 aromatic heterocycles. The summed E-state index contributed by atoms with van der Waals surface area (Å²) in [5.41, 5.74) is 12.0. The van der Waals surface area contributed by atoms with Crippen LogP contribution in [-0.4, -0.2) is 116 Å². The molecule has 3 aromatic carbocycles. The van der Waals surface area contributed by atoms with E-state index in [0.29, 0.717) is 35.5 Å². The number of carbonyl (C=O) groups is 6.